The van der Waals surface area contributed by atoms with Crippen molar-refractivity contribution in [3.05, 3.63) is 28.2 Å². The maximum atomic E-state index is 12.5. The van der Waals surface area contributed by atoms with Crippen molar-refractivity contribution in [2.75, 3.05) is 4.72 Å². The predicted octanol–water partition coefficient (Wildman–Crippen LogP) is 1.47. The Morgan fingerprint density at radius 2 is 1.76 bits per heavy atom. The van der Waals surface area contributed by atoms with Crippen LogP contribution >= 0.6 is 0 Å². The maximum absolute atomic E-state index is 12.5. The molecule has 0 amide bonds. The number of aryl methyl sites for hydroxylation is 2. The minimum Gasteiger partial charge on any atom is -0.477 e. The van der Waals surface area contributed by atoms with Gasteiger partial charge in [-0.05, 0) is 27.7 Å². The predicted molar refractivity (Wildman–Crippen MR) is 76.1 cm³/mol. The molecule has 0 saturated carbocycles. The van der Waals surface area contributed by atoms with Gasteiger partial charge in [-0.15, -0.1) is 0 Å². The molecular formula is C12H16N4O4S. The van der Waals surface area contributed by atoms with E-state index in [1.165, 1.54) is 13.8 Å². The Hall–Kier alpha value is -2.29. The highest BCUT2D eigenvalue weighted by molar-refractivity contribution is 7.92. The smallest absolute Gasteiger partial charge is 0.352 e. The Labute approximate surface area is 121 Å². The molecule has 0 fully saturated rings. The molecule has 4 N–H and O–H groups in total. The van der Waals surface area contributed by atoms with Crippen molar-refractivity contribution in [1.82, 2.24) is 15.2 Å². The lowest BCUT2D eigenvalue weighted by atomic mass is 10.2. The quantitative estimate of drug-likeness (QED) is 0.679. The van der Waals surface area contributed by atoms with Crippen molar-refractivity contribution >= 4 is 21.8 Å². The first-order chi connectivity index (χ1) is 9.65. The second-order valence-corrected chi connectivity index (χ2v) is 6.43. The molecule has 0 aromatic carbocycles. The van der Waals surface area contributed by atoms with Gasteiger partial charge < -0.3 is 10.1 Å². The zero-order valence-corrected chi connectivity index (χ0v) is 12.8. The number of aromatic nitrogens is 3. The number of aromatic amines is 2. The average molecular weight is 312 g/mol. The number of nitrogens with zero attached hydrogens (tertiary/aromatic N) is 1. The van der Waals surface area contributed by atoms with Crippen molar-refractivity contribution in [3.8, 4) is 0 Å². The summed E-state index contributed by atoms with van der Waals surface area (Å²) >= 11 is 0. The molecule has 0 radical (unpaired) electrons. The molecule has 2 heterocycles. The molecule has 2 aromatic rings. The number of rotatable bonds is 4. The summed E-state index contributed by atoms with van der Waals surface area (Å²) in [4.78, 5) is 13.6. The van der Waals surface area contributed by atoms with E-state index in [0.717, 1.165) is 5.69 Å². The topological polar surface area (TPSA) is 128 Å². The van der Waals surface area contributed by atoms with Gasteiger partial charge in [0.25, 0.3) is 10.0 Å². The van der Waals surface area contributed by atoms with Crippen LogP contribution in [0.4, 0.5) is 5.82 Å². The van der Waals surface area contributed by atoms with E-state index in [2.05, 4.69) is 19.9 Å². The first kappa shape index (κ1) is 15.1. The van der Waals surface area contributed by atoms with Crippen LogP contribution in [0.1, 0.15) is 33.0 Å². The van der Waals surface area contributed by atoms with Crippen LogP contribution in [-0.2, 0) is 10.0 Å². The van der Waals surface area contributed by atoms with Crippen molar-refractivity contribution in [2.24, 2.45) is 0 Å². The summed E-state index contributed by atoms with van der Waals surface area (Å²) in [6.07, 6.45) is 0. The largest absolute Gasteiger partial charge is 0.477 e. The molecule has 114 valence electrons. The summed E-state index contributed by atoms with van der Waals surface area (Å²) in [6, 6.07) is 0. The Balaban J connectivity index is 2.50. The molecule has 0 bridgehead atoms. The fourth-order valence-corrected chi connectivity index (χ4v) is 3.63. The molecule has 2 rings (SSSR count). The molecule has 0 aliphatic carbocycles. The van der Waals surface area contributed by atoms with E-state index in [1.807, 2.05) is 0 Å². The van der Waals surface area contributed by atoms with Crippen LogP contribution in [0.3, 0.4) is 0 Å². The number of hydrogen-bond acceptors (Lipinski definition) is 4. The molecule has 8 nitrogen and oxygen atoms in total. The van der Waals surface area contributed by atoms with E-state index in [0.29, 0.717) is 5.56 Å². The van der Waals surface area contributed by atoms with Gasteiger partial charge >= 0.3 is 5.97 Å². The van der Waals surface area contributed by atoms with Crippen LogP contribution in [0.2, 0.25) is 0 Å². The number of H-pyrrole nitrogens is 2. The fourth-order valence-electron chi connectivity index (χ4n) is 2.11. The van der Waals surface area contributed by atoms with Crippen molar-refractivity contribution in [2.45, 2.75) is 32.6 Å². The van der Waals surface area contributed by atoms with E-state index in [-0.39, 0.29) is 27.7 Å². The lowest BCUT2D eigenvalue weighted by Crippen LogP contribution is -2.15. The second-order valence-electron chi connectivity index (χ2n) is 4.81. The highest BCUT2D eigenvalue weighted by Gasteiger charge is 2.27. The molecule has 0 atom stereocenters. The van der Waals surface area contributed by atoms with E-state index < -0.39 is 16.0 Å². The summed E-state index contributed by atoms with van der Waals surface area (Å²) in [7, 11) is -3.92. The fraction of sp³-hybridized carbons (Fsp3) is 0.333. The Morgan fingerprint density at radius 3 is 2.19 bits per heavy atom. The van der Waals surface area contributed by atoms with Gasteiger partial charge in [0.15, 0.2) is 5.82 Å². The second kappa shape index (κ2) is 4.92. The zero-order chi connectivity index (χ0) is 15.9. The molecule has 9 heteroatoms. The number of nitrogens with one attached hydrogen (secondary N) is 3. The number of sulfonamides is 1. The minimum absolute atomic E-state index is 0.0695. The minimum atomic E-state index is -3.92. The van der Waals surface area contributed by atoms with Gasteiger partial charge in [-0.1, -0.05) is 0 Å². The highest BCUT2D eigenvalue weighted by atomic mass is 32.2. The van der Waals surface area contributed by atoms with Crippen LogP contribution in [0.5, 0.6) is 0 Å². The van der Waals surface area contributed by atoms with Gasteiger partial charge in [0, 0.05) is 22.5 Å². The van der Waals surface area contributed by atoms with Gasteiger partial charge in [0.05, 0.1) is 0 Å². The molecule has 0 aliphatic rings. The Bertz CT molecular complexity index is 817. The molecule has 0 aliphatic heterocycles. The molecular weight excluding hydrogens is 296 g/mol. The Morgan fingerprint density at radius 1 is 1.14 bits per heavy atom. The highest BCUT2D eigenvalue weighted by Crippen LogP contribution is 2.26. The lowest BCUT2D eigenvalue weighted by Gasteiger charge is -2.07. The lowest BCUT2D eigenvalue weighted by molar-refractivity contribution is 0.0690. The van der Waals surface area contributed by atoms with Crippen LogP contribution in [-0.4, -0.2) is 34.7 Å². The first-order valence-electron chi connectivity index (χ1n) is 6.12. The summed E-state index contributed by atoms with van der Waals surface area (Å²) in [5.74, 6) is -1.01. The number of hydrogen-bond donors (Lipinski definition) is 4. The monoisotopic (exact) mass is 312 g/mol. The SMILES string of the molecule is Cc1[nH]nc(NS(=O)(=O)c2c(C)[nH]c(C(=O)O)c2C)c1C. The van der Waals surface area contributed by atoms with Gasteiger partial charge in [-0.25, -0.2) is 13.2 Å². The third-order valence-electron chi connectivity index (χ3n) is 3.34. The van der Waals surface area contributed by atoms with Gasteiger partial charge in [0.2, 0.25) is 0 Å². The number of aromatic carboxylic acids is 1. The summed E-state index contributed by atoms with van der Waals surface area (Å²) < 4.78 is 27.3. The standard InChI is InChI=1S/C12H16N4O4S/c1-5-7(3)14-15-11(5)16-21(19,20)10-6(2)9(12(17)18)13-8(10)4/h13H,1-4H3,(H,17,18)(H2,14,15,16). The number of anilines is 1. The van der Waals surface area contributed by atoms with Crippen LogP contribution < -0.4 is 4.72 Å². The summed E-state index contributed by atoms with van der Waals surface area (Å²) in [6.45, 7) is 6.46. The average Bonchev–Trinajstić information content (AvgIpc) is 2.83. The third kappa shape index (κ3) is 2.51. The number of carbonyl (C=O) groups is 1. The Kier molecular flexibility index (Phi) is 3.54. The maximum Gasteiger partial charge on any atom is 0.352 e. The van der Waals surface area contributed by atoms with Crippen molar-refractivity contribution in [1.29, 1.82) is 0 Å². The van der Waals surface area contributed by atoms with Crippen molar-refractivity contribution in [3.63, 3.8) is 0 Å². The van der Waals surface area contributed by atoms with Gasteiger partial charge in [-0.3, -0.25) is 9.82 Å². The van der Waals surface area contributed by atoms with Gasteiger partial charge in [0.1, 0.15) is 10.6 Å². The normalized spacial score (nSPS) is 11.6. The van der Waals surface area contributed by atoms with Crippen LogP contribution in [0, 0.1) is 27.7 Å². The van der Waals surface area contributed by atoms with Crippen LogP contribution in [0.15, 0.2) is 4.90 Å². The van der Waals surface area contributed by atoms with E-state index in [9.17, 15) is 13.2 Å². The first-order valence-corrected chi connectivity index (χ1v) is 7.60. The summed E-state index contributed by atoms with van der Waals surface area (Å²) in [5, 5.41) is 15.6. The zero-order valence-electron chi connectivity index (χ0n) is 12.0. The molecule has 2 aromatic heterocycles. The van der Waals surface area contributed by atoms with E-state index in [1.54, 1.807) is 13.8 Å². The van der Waals surface area contributed by atoms with Gasteiger partial charge in [-0.2, -0.15) is 5.10 Å². The van der Waals surface area contributed by atoms with Crippen LogP contribution in [0.25, 0.3) is 0 Å². The number of carboxylic acids is 1. The summed E-state index contributed by atoms with van der Waals surface area (Å²) in [5.41, 5.74) is 1.73. The molecule has 0 spiro atoms. The number of carboxylic acid groups (broad SMARTS) is 1. The van der Waals surface area contributed by atoms with E-state index >= 15 is 0 Å². The molecule has 0 saturated heterocycles. The van der Waals surface area contributed by atoms with E-state index in [4.69, 9.17) is 5.11 Å². The molecule has 0 unspecified atom stereocenters. The van der Waals surface area contributed by atoms with Crippen molar-refractivity contribution < 1.29 is 18.3 Å². The third-order valence-corrected chi connectivity index (χ3v) is 4.95. The molecule has 21 heavy (non-hydrogen) atoms.